The minimum atomic E-state index is -3.60. The molecule has 2 heterocycles. The molecular weight excluding hydrogens is 298 g/mol. The number of nitrogens with zero attached hydrogens (tertiary/aromatic N) is 1. The van der Waals surface area contributed by atoms with Crippen LogP contribution in [0.1, 0.15) is 15.9 Å². The van der Waals surface area contributed by atoms with Gasteiger partial charge in [-0.2, -0.15) is 4.99 Å². The van der Waals surface area contributed by atoms with Gasteiger partial charge in [-0.25, -0.2) is 8.42 Å². The zero-order valence-electron chi connectivity index (χ0n) is 10.9. The van der Waals surface area contributed by atoms with Crippen molar-refractivity contribution in [3.05, 3.63) is 29.3 Å². The Kier molecular flexibility index (Phi) is 3.01. The van der Waals surface area contributed by atoms with Crippen LogP contribution in [0.15, 0.2) is 28.1 Å². The first-order valence-corrected chi connectivity index (χ1v) is 7.78. The van der Waals surface area contributed by atoms with Crippen molar-refractivity contribution in [1.82, 2.24) is 0 Å². The van der Waals surface area contributed by atoms with Gasteiger partial charge in [-0.15, -0.1) is 0 Å². The minimum Gasteiger partial charge on any atom is -0.370 e. The van der Waals surface area contributed by atoms with Gasteiger partial charge < -0.3 is 20.9 Å². The number of benzene rings is 1. The van der Waals surface area contributed by atoms with E-state index in [2.05, 4.69) is 4.99 Å². The predicted molar refractivity (Wildman–Crippen MR) is 72.2 cm³/mol. The molecule has 1 spiro atoms. The molecule has 9 heteroatoms. The van der Waals surface area contributed by atoms with Crippen LogP contribution in [-0.2, 0) is 25.1 Å². The number of hydrogen-bond donors (Lipinski definition) is 2. The van der Waals surface area contributed by atoms with Gasteiger partial charge in [-0.3, -0.25) is 4.79 Å². The smallest absolute Gasteiger partial charge is 0.280 e. The molecule has 2 aliphatic heterocycles. The number of sulfone groups is 1. The number of rotatable bonds is 1. The van der Waals surface area contributed by atoms with E-state index in [4.69, 9.17) is 20.9 Å². The molecule has 0 radical (unpaired) electrons. The highest BCUT2D eigenvalue weighted by Crippen LogP contribution is 2.44. The average molecular weight is 311 g/mol. The first-order chi connectivity index (χ1) is 9.84. The number of amides is 1. The number of guanidine groups is 1. The lowest BCUT2D eigenvalue weighted by Gasteiger charge is -2.20. The van der Waals surface area contributed by atoms with Crippen molar-refractivity contribution in [2.45, 2.75) is 10.7 Å². The van der Waals surface area contributed by atoms with Gasteiger partial charge in [0.25, 0.3) is 5.91 Å². The summed E-state index contributed by atoms with van der Waals surface area (Å²) in [6, 6.07) is 4.20. The molecule has 0 aromatic heterocycles. The van der Waals surface area contributed by atoms with Crippen LogP contribution in [0.5, 0.6) is 0 Å². The highest BCUT2D eigenvalue weighted by atomic mass is 32.2. The highest BCUT2D eigenvalue weighted by molar-refractivity contribution is 7.91. The quantitative estimate of drug-likeness (QED) is 0.506. The molecule has 0 unspecified atom stereocenters. The second-order valence-electron chi connectivity index (χ2n) is 4.76. The Morgan fingerprint density at radius 2 is 1.90 bits per heavy atom. The Morgan fingerprint density at radius 1 is 1.24 bits per heavy atom. The van der Waals surface area contributed by atoms with E-state index in [1.165, 1.54) is 18.2 Å². The molecule has 0 atom stereocenters. The van der Waals surface area contributed by atoms with Crippen molar-refractivity contribution in [1.29, 1.82) is 0 Å². The van der Waals surface area contributed by atoms with Crippen LogP contribution in [0.2, 0.25) is 0 Å². The molecule has 112 valence electrons. The first-order valence-electron chi connectivity index (χ1n) is 6.13. The van der Waals surface area contributed by atoms with Gasteiger partial charge in [0.15, 0.2) is 15.8 Å². The topological polar surface area (TPSA) is 134 Å². The SMILES string of the molecule is NC(N)=NC(=O)c1ccc2c(c1)S(=O)(=O)CC21OCCO1. The van der Waals surface area contributed by atoms with Gasteiger partial charge in [0, 0.05) is 11.1 Å². The molecule has 0 aliphatic carbocycles. The standard InChI is InChI=1S/C12H13N3O5S/c13-11(14)15-10(16)7-1-2-8-9(5-7)21(17,18)6-12(8)19-3-4-20-12/h1-2,5H,3-4,6H2,(H4,13,14,15,16). The van der Waals surface area contributed by atoms with Crippen molar-refractivity contribution < 1.29 is 22.7 Å². The van der Waals surface area contributed by atoms with E-state index >= 15 is 0 Å². The molecule has 3 rings (SSSR count). The maximum Gasteiger partial charge on any atom is 0.280 e. The van der Waals surface area contributed by atoms with Crippen LogP contribution >= 0.6 is 0 Å². The van der Waals surface area contributed by atoms with Gasteiger partial charge in [0.2, 0.25) is 5.79 Å². The van der Waals surface area contributed by atoms with Crippen LogP contribution in [0, 0.1) is 0 Å². The summed E-state index contributed by atoms with van der Waals surface area (Å²) < 4.78 is 35.5. The van der Waals surface area contributed by atoms with Crippen molar-refractivity contribution in [3.8, 4) is 0 Å². The molecule has 4 N–H and O–H groups in total. The number of carbonyl (C=O) groups is 1. The molecule has 8 nitrogen and oxygen atoms in total. The number of carbonyl (C=O) groups excluding carboxylic acids is 1. The molecule has 1 amide bonds. The van der Waals surface area contributed by atoms with E-state index in [1.807, 2.05) is 0 Å². The third-order valence-electron chi connectivity index (χ3n) is 3.34. The lowest BCUT2D eigenvalue weighted by molar-refractivity contribution is -0.144. The van der Waals surface area contributed by atoms with E-state index in [0.29, 0.717) is 18.8 Å². The molecular formula is C12H13N3O5S. The maximum absolute atomic E-state index is 12.3. The Labute approximate surface area is 120 Å². The second-order valence-corrected chi connectivity index (χ2v) is 6.72. The maximum atomic E-state index is 12.3. The van der Waals surface area contributed by atoms with E-state index < -0.39 is 21.5 Å². The summed E-state index contributed by atoms with van der Waals surface area (Å²) in [5.41, 5.74) is 10.8. The molecule has 1 fully saturated rings. The fraction of sp³-hybridized carbons (Fsp3) is 0.333. The molecule has 0 bridgehead atoms. The van der Waals surface area contributed by atoms with E-state index in [9.17, 15) is 13.2 Å². The summed E-state index contributed by atoms with van der Waals surface area (Å²) in [5, 5.41) is 0. The fourth-order valence-electron chi connectivity index (χ4n) is 2.51. The van der Waals surface area contributed by atoms with E-state index in [0.717, 1.165) is 0 Å². The van der Waals surface area contributed by atoms with E-state index in [-0.39, 0.29) is 22.2 Å². The molecule has 2 aliphatic rings. The number of nitrogens with two attached hydrogens (primary N) is 2. The van der Waals surface area contributed by atoms with Crippen molar-refractivity contribution >= 4 is 21.7 Å². The van der Waals surface area contributed by atoms with Gasteiger partial charge >= 0.3 is 0 Å². The Hall–Kier alpha value is -1.97. The number of ether oxygens (including phenoxy) is 2. The van der Waals surface area contributed by atoms with Crippen LogP contribution in [0.25, 0.3) is 0 Å². The monoisotopic (exact) mass is 311 g/mol. The van der Waals surface area contributed by atoms with Gasteiger partial charge in [-0.1, -0.05) is 6.07 Å². The summed E-state index contributed by atoms with van der Waals surface area (Å²) in [7, 11) is -3.60. The molecule has 0 saturated carbocycles. The minimum absolute atomic E-state index is 0.0149. The number of fused-ring (bicyclic) bond motifs is 2. The third kappa shape index (κ3) is 2.19. The number of hydrogen-bond acceptors (Lipinski definition) is 5. The summed E-state index contributed by atoms with van der Waals surface area (Å²) in [6.45, 7) is 0.646. The lowest BCUT2D eigenvalue weighted by Crippen LogP contribution is -2.29. The fourth-order valence-corrected chi connectivity index (χ4v) is 4.35. The second kappa shape index (κ2) is 4.52. The lowest BCUT2D eigenvalue weighted by atomic mass is 10.1. The Balaban J connectivity index is 2.11. The van der Waals surface area contributed by atoms with Crippen LogP contribution < -0.4 is 11.5 Å². The molecule has 1 aromatic carbocycles. The van der Waals surface area contributed by atoms with Crippen molar-refractivity contribution in [2.75, 3.05) is 19.0 Å². The Morgan fingerprint density at radius 3 is 2.52 bits per heavy atom. The van der Waals surface area contributed by atoms with Gasteiger partial charge in [0.05, 0.1) is 18.1 Å². The molecule has 1 saturated heterocycles. The third-order valence-corrected chi connectivity index (χ3v) is 5.11. The zero-order chi connectivity index (χ0) is 15.3. The predicted octanol–water partition coefficient (Wildman–Crippen LogP) is -0.913. The van der Waals surface area contributed by atoms with Gasteiger partial charge in [-0.05, 0) is 12.1 Å². The Bertz CT molecular complexity index is 746. The summed E-state index contributed by atoms with van der Waals surface area (Å²) >= 11 is 0. The van der Waals surface area contributed by atoms with Crippen LogP contribution in [-0.4, -0.2) is 39.3 Å². The largest absolute Gasteiger partial charge is 0.370 e. The normalized spacial score (nSPS) is 21.1. The van der Waals surface area contributed by atoms with E-state index in [1.54, 1.807) is 0 Å². The van der Waals surface area contributed by atoms with Crippen LogP contribution in [0.3, 0.4) is 0 Å². The van der Waals surface area contributed by atoms with Crippen LogP contribution in [0.4, 0.5) is 0 Å². The zero-order valence-corrected chi connectivity index (χ0v) is 11.7. The van der Waals surface area contributed by atoms with Gasteiger partial charge in [0.1, 0.15) is 5.75 Å². The first kappa shape index (κ1) is 14.0. The van der Waals surface area contributed by atoms with Crippen molar-refractivity contribution in [2.24, 2.45) is 16.5 Å². The number of aliphatic imine (C=N–C) groups is 1. The highest BCUT2D eigenvalue weighted by Gasteiger charge is 2.51. The van der Waals surface area contributed by atoms with Crippen molar-refractivity contribution in [3.63, 3.8) is 0 Å². The summed E-state index contributed by atoms with van der Waals surface area (Å²) in [6.07, 6.45) is 0. The summed E-state index contributed by atoms with van der Waals surface area (Å²) in [4.78, 5) is 15.2. The molecule has 1 aromatic rings. The molecule has 21 heavy (non-hydrogen) atoms. The summed E-state index contributed by atoms with van der Waals surface area (Å²) in [5.74, 6) is -2.65. The average Bonchev–Trinajstić information content (AvgIpc) is 2.93.